The molecular weight excluding hydrogens is 703 g/mol. The molecule has 3 nitrogen and oxygen atoms in total. The molecule has 0 spiro atoms. The van der Waals surface area contributed by atoms with Crippen molar-refractivity contribution in [2.45, 2.75) is 12.3 Å². The Morgan fingerprint density at radius 1 is 0.517 bits per heavy atom. The zero-order valence-corrected chi connectivity index (χ0v) is 32.2. The van der Waals surface area contributed by atoms with Crippen molar-refractivity contribution in [1.29, 1.82) is 0 Å². The molecule has 0 bridgehead atoms. The van der Waals surface area contributed by atoms with E-state index in [0.717, 1.165) is 61.0 Å². The quantitative estimate of drug-likeness (QED) is 0.115. The Hall–Kier alpha value is -7.49. The van der Waals surface area contributed by atoms with Crippen molar-refractivity contribution < 1.29 is 0 Å². The van der Waals surface area contributed by atoms with Crippen molar-refractivity contribution in [3.05, 3.63) is 247 Å². The molecule has 2 heterocycles. The molecule has 0 fully saturated rings. The van der Waals surface area contributed by atoms with Gasteiger partial charge in [-0.1, -0.05) is 183 Å². The molecule has 0 unspecified atom stereocenters. The monoisotopic (exact) mass is 741 g/mol. The van der Waals surface area contributed by atoms with Gasteiger partial charge in [0.1, 0.15) is 0 Å². The number of aromatic nitrogens is 3. The fourth-order valence-corrected chi connectivity index (χ4v) is 8.86. The molecule has 274 valence electrons. The highest BCUT2D eigenvalue weighted by Gasteiger charge is 2.46. The Kier molecular flexibility index (Phi) is 8.77. The molecule has 7 aromatic carbocycles. The molecule has 10 rings (SSSR count). The molecule has 0 saturated heterocycles. The van der Waals surface area contributed by atoms with Crippen molar-refractivity contribution >= 4 is 32.8 Å². The van der Waals surface area contributed by atoms with Crippen LogP contribution in [0.25, 0.3) is 66.6 Å². The second-order valence-electron chi connectivity index (χ2n) is 14.8. The molecule has 0 saturated carbocycles. The van der Waals surface area contributed by atoms with Gasteiger partial charge in [0.2, 0.25) is 0 Å². The Balaban J connectivity index is 1.22. The normalized spacial score (nSPS) is 13.3. The third kappa shape index (κ3) is 5.79. The average molecular weight is 742 g/mol. The molecule has 0 amide bonds. The van der Waals surface area contributed by atoms with E-state index in [1.807, 2.05) is 42.5 Å². The van der Waals surface area contributed by atoms with Gasteiger partial charge < -0.3 is 0 Å². The summed E-state index contributed by atoms with van der Waals surface area (Å²) in [7, 11) is 0. The number of nitrogens with zero attached hydrogens (tertiary/aromatic N) is 3. The molecule has 1 aliphatic carbocycles. The van der Waals surface area contributed by atoms with E-state index in [4.69, 9.17) is 15.0 Å². The van der Waals surface area contributed by atoms with E-state index in [0.29, 0.717) is 5.82 Å². The highest BCUT2D eigenvalue weighted by Crippen LogP contribution is 2.57. The first kappa shape index (κ1) is 35.0. The van der Waals surface area contributed by atoms with Gasteiger partial charge in [0.25, 0.3) is 0 Å². The van der Waals surface area contributed by atoms with E-state index < -0.39 is 5.41 Å². The SMILES string of the molecule is C=C/C=C(\C=C(/C)c1cc(-c2ccccc2)nc(-c2ccccc2)n1)c1nc2ccccc2c2cc3c(cc12)-c1ccccc1C3(c1ccccc1)c1ccccc1. The second-order valence-corrected chi connectivity index (χ2v) is 14.8. The van der Waals surface area contributed by atoms with Gasteiger partial charge in [-0.05, 0) is 81.6 Å². The van der Waals surface area contributed by atoms with Crippen molar-refractivity contribution in [1.82, 2.24) is 15.0 Å². The van der Waals surface area contributed by atoms with Gasteiger partial charge in [0, 0.05) is 27.5 Å². The number of allylic oxidation sites excluding steroid dienone is 5. The van der Waals surface area contributed by atoms with Crippen LogP contribution in [0, 0.1) is 0 Å². The van der Waals surface area contributed by atoms with E-state index in [-0.39, 0.29) is 0 Å². The second kappa shape index (κ2) is 14.5. The lowest BCUT2D eigenvalue weighted by Gasteiger charge is -2.34. The predicted octanol–water partition coefficient (Wildman–Crippen LogP) is 13.5. The standard InChI is InChI=1S/C55H39N3/c1-3-20-40(33-37(2)51-36-52(38-21-8-4-9-22-38)58-54(57-51)39-23-10-5-11-24-39)53-47-34-46-43-29-16-18-31-48(43)55(41-25-12-6-13-26-41,42-27-14-7-15-28-42)49(46)35-45(47)44-30-17-19-32-50(44)56-53/h3-36H,1H2,2H3/b37-33+,40-20+. The van der Waals surface area contributed by atoms with Crippen LogP contribution in [0.1, 0.15) is 40.6 Å². The minimum Gasteiger partial charge on any atom is -0.247 e. The van der Waals surface area contributed by atoms with Gasteiger partial charge in [-0.3, -0.25) is 0 Å². The third-order valence-corrected chi connectivity index (χ3v) is 11.5. The number of hydrogen-bond donors (Lipinski definition) is 0. The summed E-state index contributed by atoms with van der Waals surface area (Å²) in [5.41, 5.74) is 14.5. The van der Waals surface area contributed by atoms with Crippen molar-refractivity contribution in [3.63, 3.8) is 0 Å². The highest BCUT2D eigenvalue weighted by molar-refractivity contribution is 6.13. The molecule has 0 N–H and O–H groups in total. The molecule has 9 aromatic rings. The van der Waals surface area contributed by atoms with Crippen LogP contribution in [0.5, 0.6) is 0 Å². The van der Waals surface area contributed by atoms with Crippen LogP contribution in [0.15, 0.2) is 213 Å². The zero-order chi connectivity index (χ0) is 39.1. The number of para-hydroxylation sites is 1. The van der Waals surface area contributed by atoms with Crippen LogP contribution < -0.4 is 0 Å². The van der Waals surface area contributed by atoms with Crippen molar-refractivity contribution in [3.8, 4) is 33.8 Å². The molecule has 3 heteroatoms. The first-order valence-electron chi connectivity index (χ1n) is 19.7. The Morgan fingerprint density at radius 2 is 1.12 bits per heavy atom. The Bertz CT molecular complexity index is 2960. The number of pyridine rings is 1. The maximum atomic E-state index is 5.44. The third-order valence-electron chi connectivity index (χ3n) is 11.5. The number of benzene rings is 7. The van der Waals surface area contributed by atoms with E-state index in [2.05, 4.69) is 177 Å². The van der Waals surface area contributed by atoms with Crippen LogP contribution in [-0.2, 0) is 5.41 Å². The summed E-state index contributed by atoms with van der Waals surface area (Å²) in [5, 5.41) is 3.35. The smallest absolute Gasteiger partial charge is 0.160 e. The summed E-state index contributed by atoms with van der Waals surface area (Å²) in [6.45, 7) is 6.29. The van der Waals surface area contributed by atoms with E-state index >= 15 is 0 Å². The molecule has 0 radical (unpaired) electrons. The molecule has 0 atom stereocenters. The summed E-state index contributed by atoms with van der Waals surface area (Å²) < 4.78 is 0. The summed E-state index contributed by atoms with van der Waals surface area (Å²) in [4.78, 5) is 15.6. The van der Waals surface area contributed by atoms with Crippen LogP contribution >= 0.6 is 0 Å². The van der Waals surface area contributed by atoms with Gasteiger partial charge in [-0.2, -0.15) is 0 Å². The Labute approximate surface area is 339 Å². The van der Waals surface area contributed by atoms with Crippen LogP contribution in [0.3, 0.4) is 0 Å². The molecule has 58 heavy (non-hydrogen) atoms. The fraction of sp³-hybridized carbons (Fsp3) is 0.0364. The zero-order valence-electron chi connectivity index (χ0n) is 32.2. The number of rotatable bonds is 8. The van der Waals surface area contributed by atoms with Crippen LogP contribution in [-0.4, -0.2) is 15.0 Å². The van der Waals surface area contributed by atoms with Gasteiger partial charge in [-0.25, -0.2) is 15.0 Å². The number of hydrogen-bond acceptors (Lipinski definition) is 3. The summed E-state index contributed by atoms with van der Waals surface area (Å²) in [6, 6.07) is 66.7. The van der Waals surface area contributed by atoms with Crippen LogP contribution in [0.2, 0.25) is 0 Å². The highest BCUT2D eigenvalue weighted by atomic mass is 14.9. The van der Waals surface area contributed by atoms with Crippen molar-refractivity contribution in [2.24, 2.45) is 0 Å². The van der Waals surface area contributed by atoms with Gasteiger partial charge in [0.15, 0.2) is 5.82 Å². The first-order valence-corrected chi connectivity index (χ1v) is 19.7. The summed E-state index contributed by atoms with van der Waals surface area (Å²) >= 11 is 0. The van der Waals surface area contributed by atoms with Gasteiger partial charge >= 0.3 is 0 Å². The van der Waals surface area contributed by atoms with E-state index in [1.54, 1.807) is 0 Å². The average Bonchev–Trinajstić information content (AvgIpc) is 3.59. The van der Waals surface area contributed by atoms with Gasteiger partial charge in [-0.15, -0.1) is 0 Å². The maximum Gasteiger partial charge on any atom is 0.160 e. The topological polar surface area (TPSA) is 38.7 Å². The lowest BCUT2D eigenvalue weighted by molar-refractivity contribution is 0.769. The minimum atomic E-state index is -0.511. The van der Waals surface area contributed by atoms with Crippen molar-refractivity contribution in [2.75, 3.05) is 0 Å². The molecule has 0 aliphatic heterocycles. The molecule has 2 aromatic heterocycles. The summed E-state index contributed by atoms with van der Waals surface area (Å²) in [5.74, 6) is 0.683. The van der Waals surface area contributed by atoms with E-state index in [9.17, 15) is 0 Å². The predicted molar refractivity (Wildman–Crippen MR) is 241 cm³/mol. The summed E-state index contributed by atoms with van der Waals surface area (Å²) in [6.07, 6.45) is 6.12. The molecular formula is C55H39N3. The minimum absolute atomic E-state index is 0.511. The lowest BCUT2D eigenvalue weighted by atomic mass is 9.67. The molecule has 1 aliphatic rings. The first-order chi connectivity index (χ1) is 28.6. The fourth-order valence-electron chi connectivity index (χ4n) is 8.86. The van der Waals surface area contributed by atoms with E-state index in [1.165, 1.54) is 33.4 Å². The maximum absolute atomic E-state index is 5.44. The lowest BCUT2D eigenvalue weighted by Crippen LogP contribution is -2.28. The Morgan fingerprint density at radius 3 is 1.81 bits per heavy atom. The number of fused-ring (bicyclic) bond motifs is 6. The largest absolute Gasteiger partial charge is 0.247 e. The van der Waals surface area contributed by atoms with Gasteiger partial charge in [0.05, 0.1) is 28.0 Å². The van der Waals surface area contributed by atoms with Crippen LogP contribution in [0.4, 0.5) is 0 Å².